The molecular weight excluding hydrogens is 354 g/mol. The number of aromatic nitrogens is 3. The summed E-state index contributed by atoms with van der Waals surface area (Å²) >= 11 is 3.52. The van der Waals surface area contributed by atoms with E-state index in [9.17, 15) is 0 Å². The van der Waals surface area contributed by atoms with Crippen LogP contribution in [0.25, 0.3) is 0 Å². The first-order valence-corrected chi connectivity index (χ1v) is 7.97. The molecule has 0 unspecified atom stereocenters. The van der Waals surface area contributed by atoms with Crippen molar-refractivity contribution in [1.29, 1.82) is 0 Å². The Kier molecular flexibility index (Phi) is 4.52. The Labute approximate surface area is 143 Å². The van der Waals surface area contributed by atoms with Crippen LogP contribution in [-0.4, -0.2) is 15.2 Å². The molecule has 0 bridgehead atoms. The van der Waals surface area contributed by atoms with Gasteiger partial charge < -0.3 is 10.6 Å². The van der Waals surface area contributed by atoms with E-state index in [2.05, 4.69) is 41.7 Å². The molecule has 0 amide bonds. The Hall–Kier alpha value is -2.47. The Balaban J connectivity index is 1.79. The van der Waals surface area contributed by atoms with Crippen LogP contribution in [0.1, 0.15) is 11.1 Å². The van der Waals surface area contributed by atoms with E-state index >= 15 is 0 Å². The Morgan fingerprint density at radius 1 is 0.957 bits per heavy atom. The second-order valence-electron chi connectivity index (χ2n) is 5.19. The first-order valence-electron chi connectivity index (χ1n) is 7.17. The molecule has 1 aromatic heterocycles. The van der Waals surface area contributed by atoms with Crippen LogP contribution in [0.5, 0.6) is 0 Å². The van der Waals surface area contributed by atoms with Gasteiger partial charge in [-0.3, -0.25) is 0 Å². The molecule has 3 aromatic rings. The maximum atomic E-state index is 4.45. The molecule has 2 N–H and O–H groups in total. The third-order valence-electron chi connectivity index (χ3n) is 3.39. The number of rotatable bonds is 4. The molecule has 0 radical (unpaired) electrons. The zero-order valence-corrected chi connectivity index (χ0v) is 14.4. The third-order valence-corrected chi connectivity index (χ3v) is 4.25. The molecular formula is C17H16BrN5. The highest BCUT2D eigenvalue weighted by Crippen LogP contribution is 2.23. The normalized spacial score (nSPS) is 10.4. The molecule has 0 atom stereocenters. The second-order valence-corrected chi connectivity index (χ2v) is 6.05. The molecule has 0 aliphatic carbocycles. The highest BCUT2D eigenvalue weighted by atomic mass is 79.9. The van der Waals surface area contributed by atoms with E-state index in [-0.39, 0.29) is 0 Å². The summed E-state index contributed by atoms with van der Waals surface area (Å²) in [5.74, 6) is 1.09. The minimum absolute atomic E-state index is 0.444. The number of para-hydroxylation sites is 1. The molecule has 6 heteroatoms. The van der Waals surface area contributed by atoms with Gasteiger partial charge in [-0.05, 0) is 43.2 Å². The first-order chi connectivity index (χ1) is 11.1. The van der Waals surface area contributed by atoms with E-state index in [1.165, 1.54) is 5.56 Å². The van der Waals surface area contributed by atoms with Crippen molar-refractivity contribution in [3.8, 4) is 0 Å². The lowest BCUT2D eigenvalue weighted by Crippen LogP contribution is -2.03. The maximum absolute atomic E-state index is 4.45. The summed E-state index contributed by atoms with van der Waals surface area (Å²) in [6.45, 7) is 4.08. The molecule has 0 spiro atoms. The van der Waals surface area contributed by atoms with Crippen LogP contribution in [0.2, 0.25) is 0 Å². The van der Waals surface area contributed by atoms with Crippen molar-refractivity contribution in [3.05, 3.63) is 64.3 Å². The Morgan fingerprint density at radius 2 is 1.78 bits per heavy atom. The Morgan fingerprint density at radius 3 is 2.57 bits per heavy atom. The highest BCUT2D eigenvalue weighted by Gasteiger charge is 2.04. The van der Waals surface area contributed by atoms with Gasteiger partial charge in [-0.25, -0.2) is 0 Å². The molecule has 5 nitrogen and oxygen atoms in total. The van der Waals surface area contributed by atoms with Gasteiger partial charge in [-0.1, -0.05) is 40.2 Å². The van der Waals surface area contributed by atoms with Gasteiger partial charge in [0.15, 0.2) is 5.82 Å². The van der Waals surface area contributed by atoms with Gasteiger partial charge in [0, 0.05) is 15.8 Å². The second kappa shape index (κ2) is 6.75. The quantitative estimate of drug-likeness (QED) is 0.695. The fourth-order valence-electron chi connectivity index (χ4n) is 2.07. The predicted octanol–water partition coefficient (Wildman–Crippen LogP) is 4.74. The summed E-state index contributed by atoms with van der Waals surface area (Å²) in [6.07, 6.45) is 1.60. The number of hydrogen-bond donors (Lipinski definition) is 2. The molecule has 0 saturated carbocycles. The Bertz CT molecular complexity index is 835. The number of anilines is 4. The molecule has 0 aliphatic heterocycles. The van der Waals surface area contributed by atoms with Gasteiger partial charge in [-0.15, -0.1) is 5.10 Å². The standard InChI is InChI=1S/C17H16BrN5/c1-11-7-8-13(9-14(11)18)20-17-22-16(10-19-23-17)21-15-6-4-3-5-12(15)2/h3-10H,1-2H3,(H2,20,21,22,23). The van der Waals surface area contributed by atoms with Crippen LogP contribution in [0, 0.1) is 13.8 Å². The molecule has 23 heavy (non-hydrogen) atoms. The van der Waals surface area contributed by atoms with E-state index < -0.39 is 0 Å². The van der Waals surface area contributed by atoms with Crippen molar-refractivity contribution in [2.75, 3.05) is 10.6 Å². The van der Waals surface area contributed by atoms with E-state index in [0.29, 0.717) is 11.8 Å². The average Bonchev–Trinajstić information content (AvgIpc) is 2.54. The zero-order chi connectivity index (χ0) is 16.2. The average molecular weight is 370 g/mol. The molecule has 0 aliphatic rings. The minimum atomic E-state index is 0.444. The van der Waals surface area contributed by atoms with Crippen LogP contribution in [0.3, 0.4) is 0 Å². The minimum Gasteiger partial charge on any atom is -0.339 e. The third kappa shape index (κ3) is 3.84. The molecule has 0 fully saturated rings. The van der Waals surface area contributed by atoms with Crippen molar-refractivity contribution in [2.24, 2.45) is 0 Å². The van der Waals surface area contributed by atoms with Crippen molar-refractivity contribution in [1.82, 2.24) is 15.2 Å². The summed E-state index contributed by atoms with van der Waals surface area (Å²) in [5.41, 5.74) is 4.21. The van der Waals surface area contributed by atoms with Crippen LogP contribution >= 0.6 is 15.9 Å². The van der Waals surface area contributed by atoms with Gasteiger partial charge in [0.1, 0.15) is 0 Å². The fraction of sp³-hybridized carbons (Fsp3) is 0.118. The summed E-state index contributed by atoms with van der Waals surface area (Å²) < 4.78 is 1.03. The number of nitrogens with zero attached hydrogens (tertiary/aromatic N) is 3. The number of halogens is 1. The van der Waals surface area contributed by atoms with Crippen molar-refractivity contribution in [2.45, 2.75) is 13.8 Å². The van der Waals surface area contributed by atoms with Gasteiger partial charge >= 0.3 is 0 Å². The zero-order valence-electron chi connectivity index (χ0n) is 12.8. The lowest BCUT2D eigenvalue weighted by atomic mass is 10.2. The SMILES string of the molecule is Cc1ccc(Nc2nncc(Nc3ccccc3C)n2)cc1Br. The van der Waals surface area contributed by atoms with Gasteiger partial charge in [0.05, 0.1) is 6.20 Å². The van der Waals surface area contributed by atoms with Crippen LogP contribution in [0.15, 0.2) is 53.1 Å². The lowest BCUT2D eigenvalue weighted by Gasteiger charge is -2.10. The predicted molar refractivity (Wildman–Crippen MR) is 96.5 cm³/mol. The van der Waals surface area contributed by atoms with Crippen molar-refractivity contribution in [3.63, 3.8) is 0 Å². The molecule has 116 valence electrons. The van der Waals surface area contributed by atoms with Gasteiger partial charge in [0.25, 0.3) is 0 Å². The van der Waals surface area contributed by atoms with Crippen LogP contribution in [0.4, 0.5) is 23.1 Å². The van der Waals surface area contributed by atoms with Crippen molar-refractivity contribution < 1.29 is 0 Å². The van der Waals surface area contributed by atoms with E-state index in [1.807, 2.05) is 56.3 Å². The smallest absolute Gasteiger partial charge is 0.249 e. The van der Waals surface area contributed by atoms with Crippen LogP contribution in [-0.2, 0) is 0 Å². The molecule has 2 aromatic carbocycles. The number of aryl methyl sites for hydroxylation is 2. The topological polar surface area (TPSA) is 62.7 Å². The summed E-state index contributed by atoms with van der Waals surface area (Å²) in [4.78, 5) is 4.45. The number of hydrogen-bond acceptors (Lipinski definition) is 5. The van der Waals surface area contributed by atoms with Gasteiger partial charge in [-0.2, -0.15) is 10.1 Å². The van der Waals surface area contributed by atoms with E-state index in [0.717, 1.165) is 21.4 Å². The molecule has 3 rings (SSSR count). The summed E-state index contributed by atoms with van der Waals surface area (Å²) in [7, 11) is 0. The van der Waals surface area contributed by atoms with Gasteiger partial charge in [0.2, 0.25) is 5.95 Å². The first kappa shape index (κ1) is 15.4. The van der Waals surface area contributed by atoms with Crippen molar-refractivity contribution >= 4 is 39.1 Å². The monoisotopic (exact) mass is 369 g/mol. The highest BCUT2D eigenvalue weighted by molar-refractivity contribution is 9.10. The number of benzene rings is 2. The van der Waals surface area contributed by atoms with Crippen LogP contribution < -0.4 is 10.6 Å². The number of nitrogens with one attached hydrogen (secondary N) is 2. The van der Waals surface area contributed by atoms with E-state index in [4.69, 9.17) is 0 Å². The maximum Gasteiger partial charge on any atom is 0.249 e. The van der Waals surface area contributed by atoms with E-state index in [1.54, 1.807) is 6.20 Å². The molecule has 1 heterocycles. The lowest BCUT2D eigenvalue weighted by molar-refractivity contribution is 0.982. The largest absolute Gasteiger partial charge is 0.339 e. The summed E-state index contributed by atoms with van der Waals surface area (Å²) in [5, 5.41) is 14.4. The summed E-state index contributed by atoms with van der Waals surface area (Å²) in [6, 6.07) is 14.0. The fourth-order valence-corrected chi connectivity index (χ4v) is 2.45. The molecule has 0 saturated heterocycles.